The van der Waals surface area contributed by atoms with Gasteiger partial charge in [-0.25, -0.2) is 4.79 Å². The molecule has 1 atom stereocenters. The van der Waals surface area contributed by atoms with Crippen LogP contribution in [0.3, 0.4) is 0 Å². The molecular weight excluding hydrogens is 419 g/mol. The predicted octanol–water partition coefficient (Wildman–Crippen LogP) is 5.29. The smallest absolute Gasteiger partial charge is 0.338 e. The van der Waals surface area contributed by atoms with Gasteiger partial charge in [0.15, 0.2) is 0 Å². The molecule has 0 aliphatic rings. The van der Waals surface area contributed by atoms with E-state index in [9.17, 15) is 19.7 Å². The van der Waals surface area contributed by atoms with Gasteiger partial charge in [0.1, 0.15) is 5.69 Å². The number of nitrogens with one attached hydrogen (secondary N) is 1. The first-order valence-electron chi connectivity index (χ1n) is 8.97. The lowest BCUT2D eigenvalue weighted by Gasteiger charge is -2.17. The molecule has 9 heteroatoms. The highest BCUT2D eigenvalue weighted by Crippen LogP contribution is 2.30. The Morgan fingerprint density at radius 1 is 1.17 bits per heavy atom. The molecule has 0 fully saturated rings. The van der Waals surface area contributed by atoms with Gasteiger partial charge < -0.3 is 10.1 Å². The van der Waals surface area contributed by atoms with E-state index in [2.05, 4.69) is 5.32 Å². The monoisotopic (exact) mass is 438 g/mol. The van der Waals surface area contributed by atoms with Crippen molar-refractivity contribution in [2.24, 2.45) is 5.92 Å². The van der Waals surface area contributed by atoms with Crippen LogP contribution in [0.2, 0.25) is 10.0 Å². The van der Waals surface area contributed by atoms with E-state index in [1.165, 1.54) is 12.1 Å². The Hall–Kier alpha value is -2.64. The predicted molar refractivity (Wildman–Crippen MR) is 112 cm³/mol. The van der Waals surface area contributed by atoms with Crippen molar-refractivity contribution < 1.29 is 19.2 Å². The highest BCUT2D eigenvalue weighted by atomic mass is 35.5. The van der Waals surface area contributed by atoms with E-state index in [0.29, 0.717) is 22.0 Å². The molecule has 0 aromatic heterocycles. The van der Waals surface area contributed by atoms with E-state index < -0.39 is 22.7 Å². The van der Waals surface area contributed by atoms with E-state index >= 15 is 0 Å². The molecule has 0 radical (unpaired) electrons. The van der Waals surface area contributed by atoms with Crippen molar-refractivity contribution in [1.29, 1.82) is 0 Å². The van der Waals surface area contributed by atoms with Gasteiger partial charge in [-0.1, -0.05) is 36.2 Å². The summed E-state index contributed by atoms with van der Waals surface area (Å²) in [7, 11) is 0. The Labute approximate surface area is 178 Å². The number of ether oxygens (including phenoxy) is 1. The zero-order valence-corrected chi connectivity index (χ0v) is 17.4. The second kappa shape index (κ2) is 10.2. The number of nitrogens with zero attached hydrogens (tertiary/aromatic N) is 1. The number of halogens is 2. The molecule has 2 aromatic carbocycles. The van der Waals surface area contributed by atoms with E-state index in [0.717, 1.165) is 6.07 Å². The van der Waals surface area contributed by atoms with E-state index in [4.69, 9.17) is 27.9 Å². The molecule has 2 rings (SSSR count). The van der Waals surface area contributed by atoms with Crippen molar-refractivity contribution in [2.75, 3.05) is 11.9 Å². The summed E-state index contributed by atoms with van der Waals surface area (Å²) in [6.07, 6.45) is 0.727. The Balaban J connectivity index is 2.30. The Bertz CT molecular complexity index is 913. The second-order valence-electron chi connectivity index (χ2n) is 6.21. The van der Waals surface area contributed by atoms with Gasteiger partial charge in [-0.05, 0) is 49.6 Å². The van der Waals surface area contributed by atoms with Crippen LogP contribution in [-0.2, 0) is 16.0 Å². The Morgan fingerprint density at radius 2 is 1.83 bits per heavy atom. The molecule has 1 amide bonds. The zero-order chi connectivity index (χ0) is 21.6. The van der Waals surface area contributed by atoms with Crippen LogP contribution in [0, 0.1) is 16.0 Å². The normalized spacial score (nSPS) is 11.6. The van der Waals surface area contributed by atoms with Gasteiger partial charge >= 0.3 is 5.97 Å². The first kappa shape index (κ1) is 22.6. The van der Waals surface area contributed by atoms with Gasteiger partial charge in [0.25, 0.3) is 5.69 Å². The molecule has 2 aromatic rings. The van der Waals surface area contributed by atoms with Gasteiger partial charge in [-0.3, -0.25) is 14.9 Å². The number of hydrogen-bond donors (Lipinski definition) is 1. The molecule has 7 nitrogen and oxygen atoms in total. The average molecular weight is 439 g/mol. The number of esters is 1. The summed E-state index contributed by atoms with van der Waals surface area (Å²) >= 11 is 12.4. The molecule has 1 unspecified atom stereocenters. The summed E-state index contributed by atoms with van der Waals surface area (Å²) in [5.74, 6) is -1.60. The van der Waals surface area contributed by atoms with Crippen LogP contribution in [0.25, 0.3) is 0 Å². The van der Waals surface area contributed by atoms with Crippen molar-refractivity contribution in [3.8, 4) is 0 Å². The highest BCUT2D eigenvalue weighted by molar-refractivity contribution is 6.36. The van der Waals surface area contributed by atoms with Crippen molar-refractivity contribution in [1.82, 2.24) is 0 Å². The van der Waals surface area contributed by atoms with Crippen LogP contribution in [0.1, 0.15) is 36.2 Å². The molecule has 0 bridgehead atoms. The van der Waals surface area contributed by atoms with Crippen LogP contribution < -0.4 is 5.32 Å². The van der Waals surface area contributed by atoms with Crippen molar-refractivity contribution in [3.05, 3.63) is 67.7 Å². The zero-order valence-electron chi connectivity index (χ0n) is 15.9. The Morgan fingerprint density at radius 3 is 2.38 bits per heavy atom. The quantitative estimate of drug-likeness (QED) is 0.343. The minimum Gasteiger partial charge on any atom is -0.462 e. The van der Waals surface area contributed by atoms with Gasteiger partial charge in [-0.2, -0.15) is 0 Å². The topological polar surface area (TPSA) is 98.5 Å². The maximum atomic E-state index is 12.8. The number of anilines is 1. The minimum absolute atomic E-state index is 0.0748. The maximum absolute atomic E-state index is 12.8. The average Bonchev–Trinajstić information content (AvgIpc) is 2.67. The lowest BCUT2D eigenvalue weighted by molar-refractivity contribution is -0.383. The third kappa shape index (κ3) is 5.68. The molecule has 0 spiro atoms. The molecular formula is C20H20Cl2N2O5. The molecule has 0 saturated carbocycles. The van der Waals surface area contributed by atoms with E-state index in [1.54, 1.807) is 25.1 Å². The summed E-state index contributed by atoms with van der Waals surface area (Å²) in [6, 6.07) is 8.76. The fourth-order valence-electron chi connectivity index (χ4n) is 2.77. The number of carbonyl (C=O) groups excluding carboxylic acids is 2. The third-order valence-corrected chi connectivity index (χ3v) is 5.05. The lowest BCUT2D eigenvalue weighted by Crippen LogP contribution is -2.25. The molecule has 29 heavy (non-hydrogen) atoms. The minimum atomic E-state index is -0.632. The van der Waals surface area contributed by atoms with E-state index in [1.807, 2.05) is 6.92 Å². The first-order chi connectivity index (χ1) is 13.8. The molecule has 0 heterocycles. The third-order valence-electron chi connectivity index (χ3n) is 4.34. The van der Waals surface area contributed by atoms with E-state index in [-0.39, 0.29) is 30.0 Å². The molecule has 0 aliphatic carbocycles. The SMILES string of the molecule is CCOC(=O)c1ccc([N+](=O)[O-])c(NC(=O)C(CC)Cc2c(Cl)cccc2Cl)c1. The Kier molecular flexibility index (Phi) is 7.99. The van der Waals surface area contributed by atoms with Crippen molar-refractivity contribution in [2.45, 2.75) is 26.7 Å². The van der Waals surface area contributed by atoms with Crippen LogP contribution in [-0.4, -0.2) is 23.4 Å². The molecule has 0 aliphatic heterocycles. The first-order valence-corrected chi connectivity index (χ1v) is 9.73. The fraction of sp³-hybridized carbons (Fsp3) is 0.300. The summed E-state index contributed by atoms with van der Waals surface area (Å²) in [6.45, 7) is 3.63. The number of nitro benzene ring substituents is 1. The van der Waals surface area contributed by atoms with Crippen molar-refractivity contribution in [3.63, 3.8) is 0 Å². The van der Waals surface area contributed by atoms with Gasteiger partial charge in [0.2, 0.25) is 5.91 Å². The lowest BCUT2D eigenvalue weighted by atomic mass is 9.95. The standard InChI is InChI=1S/C20H20Cl2N2O5/c1-3-12(10-14-15(21)6-5-7-16(14)22)19(25)23-17-11-13(20(26)29-4-2)8-9-18(17)24(27)28/h5-9,11-12H,3-4,10H2,1-2H3,(H,23,25). The number of hydrogen-bond acceptors (Lipinski definition) is 5. The summed E-state index contributed by atoms with van der Waals surface area (Å²) < 4.78 is 4.91. The van der Waals surface area contributed by atoms with Crippen LogP contribution >= 0.6 is 23.2 Å². The molecule has 1 N–H and O–H groups in total. The number of nitro groups is 1. The van der Waals surface area contributed by atoms with Crippen LogP contribution in [0.15, 0.2) is 36.4 Å². The largest absolute Gasteiger partial charge is 0.462 e. The second-order valence-corrected chi connectivity index (χ2v) is 7.02. The van der Waals surface area contributed by atoms with Crippen LogP contribution in [0.5, 0.6) is 0 Å². The number of benzene rings is 2. The number of rotatable bonds is 8. The summed E-state index contributed by atoms with van der Waals surface area (Å²) in [4.78, 5) is 35.5. The fourth-order valence-corrected chi connectivity index (χ4v) is 3.32. The van der Waals surface area contributed by atoms with Gasteiger partial charge in [0, 0.05) is 22.0 Å². The van der Waals surface area contributed by atoms with Crippen molar-refractivity contribution >= 4 is 46.5 Å². The highest BCUT2D eigenvalue weighted by Gasteiger charge is 2.24. The molecule has 154 valence electrons. The summed E-state index contributed by atoms with van der Waals surface area (Å²) in [5, 5.41) is 14.8. The molecule has 0 saturated heterocycles. The van der Waals surface area contributed by atoms with Crippen LogP contribution in [0.4, 0.5) is 11.4 Å². The number of amides is 1. The summed E-state index contributed by atoms with van der Waals surface area (Å²) in [5.41, 5.74) is 0.342. The number of carbonyl (C=O) groups is 2. The van der Waals surface area contributed by atoms with Gasteiger partial charge in [0.05, 0.1) is 17.1 Å². The van der Waals surface area contributed by atoms with Gasteiger partial charge in [-0.15, -0.1) is 0 Å². The maximum Gasteiger partial charge on any atom is 0.338 e.